The number of hydrogen-bond acceptors (Lipinski definition) is 2. The number of aryl methyl sites for hydroxylation is 2. The van der Waals surface area contributed by atoms with Crippen LogP contribution in [0.2, 0.25) is 0 Å². The summed E-state index contributed by atoms with van der Waals surface area (Å²) < 4.78 is 0. The van der Waals surface area contributed by atoms with E-state index >= 15 is 0 Å². The zero-order chi connectivity index (χ0) is 16.9. The Morgan fingerprint density at radius 1 is 0.958 bits per heavy atom. The highest BCUT2D eigenvalue weighted by molar-refractivity contribution is 5.96. The number of nitrogens with one attached hydrogen (secondary N) is 2. The van der Waals surface area contributed by atoms with Gasteiger partial charge in [-0.1, -0.05) is 55.5 Å². The van der Waals surface area contributed by atoms with E-state index in [2.05, 4.69) is 48.7 Å². The summed E-state index contributed by atoms with van der Waals surface area (Å²) in [7, 11) is 0. The first-order valence-corrected chi connectivity index (χ1v) is 8.28. The van der Waals surface area contributed by atoms with E-state index in [9.17, 15) is 4.79 Å². The van der Waals surface area contributed by atoms with Gasteiger partial charge in [0.15, 0.2) is 0 Å². The third-order valence-corrected chi connectivity index (χ3v) is 4.20. The number of para-hydroxylation sites is 1. The van der Waals surface area contributed by atoms with Crippen LogP contribution in [0.1, 0.15) is 18.1 Å². The quantitative estimate of drug-likeness (QED) is 0.712. The zero-order valence-corrected chi connectivity index (χ0v) is 14.1. The standard InChI is InChI=1S/C21H22N2O/c1-3-16-10-6-7-15(2)21(16)22-14-20(24)23-19-12-11-17-8-4-5-9-18(17)13-19/h4-13,22H,3,14H2,1-2H3,(H,23,24). The molecule has 0 radical (unpaired) electrons. The maximum Gasteiger partial charge on any atom is 0.243 e. The van der Waals surface area contributed by atoms with Gasteiger partial charge in [-0.2, -0.15) is 0 Å². The Balaban J connectivity index is 1.67. The van der Waals surface area contributed by atoms with Gasteiger partial charge >= 0.3 is 0 Å². The lowest BCUT2D eigenvalue weighted by Gasteiger charge is -2.14. The average Bonchev–Trinajstić information content (AvgIpc) is 2.60. The normalized spacial score (nSPS) is 10.6. The van der Waals surface area contributed by atoms with Gasteiger partial charge in [0.25, 0.3) is 0 Å². The van der Waals surface area contributed by atoms with E-state index in [0.29, 0.717) is 0 Å². The van der Waals surface area contributed by atoms with Crippen LogP contribution in [-0.4, -0.2) is 12.5 Å². The summed E-state index contributed by atoms with van der Waals surface area (Å²) in [5.74, 6) is -0.0458. The minimum absolute atomic E-state index is 0.0458. The van der Waals surface area contributed by atoms with Gasteiger partial charge in [0, 0.05) is 11.4 Å². The van der Waals surface area contributed by atoms with Crippen LogP contribution in [0.15, 0.2) is 60.7 Å². The highest BCUT2D eigenvalue weighted by atomic mass is 16.1. The van der Waals surface area contributed by atoms with Crippen molar-refractivity contribution in [2.24, 2.45) is 0 Å². The molecule has 3 aromatic rings. The van der Waals surface area contributed by atoms with Crippen LogP contribution in [-0.2, 0) is 11.2 Å². The van der Waals surface area contributed by atoms with Crippen molar-refractivity contribution >= 4 is 28.1 Å². The van der Waals surface area contributed by atoms with Gasteiger partial charge in [-0.05, 0) is 47.4 Å². The van der Waals surface area contributed by atoms with E-state index in [1.165, 1.54) is 10.9 Å². The maximum atomic E-state index is 12.3. The maximum absolute atomic E-state index is 12.3. The third kappa shape index (κ3) is 3.57. The van der Waals surface area contributed by atoms with Gasteiger partial charge < -0.3 is 10.6 Å². The average molecular weight is 318 g/mol. The lowest BCUT2D eigenvalue weighted by atomic mass is 10.1. The van der Waals surface area contributed by atoms with Crippen LogP contribution >= 0.6 is 0 Å². The smallest absolute Gasteiger partial charge is 0.243 e. The van der Waals surface area contributed by atoms with E-state index in [-0.39, 0.29) is 12.5 Å². The number of hydrogen-bond donors (Lipinski definition) is 2. The third-order valence-electron chi connectivity index (χ3n) is 4.20. The summed E-state index contributed by atoms with van der Waals surface area (Å²) in [6.45, 7) is 4.43. The van der Waals surface area contributed by atoms with Crippen molar-refractivity contribution < 1.29 is 4.79 Å². The molecule has 3 rings (SSSR count). The van der Waals surface area contributed by atoms with Gasteiger partial charge in [0.1, 0.15) is 0 Å². The van der Waals surface area contributed by atoms with Crippen molar-refractivity contribution in [1.29, 1.82) is 0 Å². The van der Waals surface area contributed by atoms with Crippen molar-refractivity contribution in [2.45, 2.75) is 20.3 Å². The molecule has 3 nitrogen and oxygen atoms in total. The van der Waals surface area contributed by atoms with Crippen molar-refractivity contribution in [2.75, 3.05) is 17.2 Å². The molecule has 0 bridgehead atoms. The number of fused-ring (bicyclic) bond motifs is 1. The second kappa shape index (κ2) is 7.18. The Labute approximate surface area is 142 Å². The molecule has 0 fully saturated rings. The molecule has 2 N–H and O–H groups in total. The van der Waals surface area contributed by atoms with Gasteiger partial charge in [-0.3, -0.25) is 4.79 Å². The van der Waals surface area contributed by atoms with E-state index in [1.807, 2.05) is 36.4 Å². The van der Waals surface area contributed by atoms with Crippen LogP contribution in [0.5, 0.6) is 0 Å². The molecule has 1 amide bonds. The minimum atomic E-state index is -0.0458. The zero-order valence-electron chi connectivity index (χ0n) is 14.1. The number of carbonyl (C=O) groups excluding carboxylic acids is 1. The minimum Gasteiger partial charge on any atom is -0.376 e. The van der Waals surface area contributed by atoms with Crippen LogP contribution < -0.4 is 10.6 Å². The van der Waals surface area contributed by atoms with Crippen molar-refractivity contribution in [3.05, 3.63) is 71.8 Å². The Kier molecular flexibility index (Phi) is 4.80. The highest BCUT2D eigenvalue weighted by Gasteiger charge is 2.07. The van der Waals surface area contributed by atoms with Gasteiger partial charge in [-0.25, -0.2) is 0 Å². The van der Waals surface area contributed by atoms with E-state index in [0.717, 1.165) is 28.7 Å². The largest absolute Gasteiger partial charge is 0.376 e. The Bertz CT molecular complexity index is 871. The van der Waals surface area contributed by atoms with Gasteiger partial charge in [0.05, 0.1) is 6.54 Å². The Hall–Kier alpha value is -2.81. The molecule has 122 valence electrons. The predicted molar refractivity (Wildman–Crippen MR) is 102 cm³/mol. The summed E-state index contributed by atoms with van der Waals surface area (Å²) in [6, 6.07) is 20.3. The highest BCUT2D eigenvalue weighted by Crippen LogP contribution is 2.21. The molecule has 0 aliphatic carbocycles. The fourth-order valence-corrected chi connectivity index (χ4v) is 2.92. The second-order valence-electron chi connectivity index (χ2n) is 5.93. The molecule has 0 saturated heterocycles. The van der Waals surface area contributed by atoms with Gasteiger partial charge in [0.2, 0.25) is 5.91 Å². The van der Waals surface area contributed by atoms with Crippen LogP contribution in [0.3, 0.4) is 0 Å². The van der Waals surface area contributed by atoms with Crippen molar-refractivity contribution in [1.82, 2.24) is 0 Å². The SMILES string of the molecule is CCc1cccc(C)c1NCC(=O)Nc1ccc2ccccc2c1. The number of anilines is 2. The van der Waals surface area contributed by atoms with Crippen LogP contribution in [0.4, 0.5) is 11.4 Å². The molecule has 0 unspecified atom stereocenters. The first kappa shape index (κ1) is 16.1. The van der Waals surface area contributed by atoms with E-state index in [4.69, 9.17) is 0 Å². The van der Waals surface area contributed by atoms with Crippen LogP contribution in [0.25, 0.3) is 10.8 Å². The molecular formula is C21H22N2O. The lowest BCUT2D eigenvalue weighted by Crippen LogP contribution is -2.22. The molecule has 0 spiro atoms. The van der Waals surface area contributed by atoms with Crippen LogP contribution in [0, 0.1) is 6.92 Å². The van der Waals surface area contributed by atoms with Gasteiger partial charge in [-0.15, -0.1) is 0 Å². The summed E-state index contributed by atoms with van der Waals surface area (Å²) >= 11 is 0. The van der Waals surface area contributed by atoms with E-state index < -0.39 is 0 Å². The molecule has 0 heterocycles. The predicted octanol–water partition coefficient (Wildman–Crippen LogP) is 4.76. The molecule has 0 atom stereocenters. The molecular weight excluding hydrogens is 296 g/mol. The summed E-state index contributed by atoms with van der Waals surface area (Å²) in [5, 5.41) is 8.53. The molecule has 0 aliphatic rings. The monoisotopic (exact) mass is 318 g/mol. The Morgan fingerprint density at radius 2 is 1.75 bits per heavy atom. The topological polar surface area (TPSA) is 41.1 Å². The lowest BCUT2D eigenvalue weighted by molar-refractivity contribution is -0.114. The Morgan fingerprint density at radius 3 is 2.54 bits per heavy atom. The summed E-state index contributed by atoms with van der Waals surface area (Å²) in [6.07, 6.45) is 0.941. The van der Waals surface area contributed by atoms with Crippen molar-refractivity contribution in [3.8, 4) is 0 Å². The van der Waals surface area contributed by atoms with Crippen molar-refractivity contribution in [3.63, 3.8) is 0 Å². The molecule has 0 saturated carbocycles. The molecule has 3 aromatic carbocycles. The molecule has 24 heavy (non-hydrogen) atoms. The molecule has 0 aliphatic heterocycles. The first-order valence-electron chi connectivity index (χ1n) is 8.28. The van der Waals surface area contributed by atoms with E-state index in [1.54, 1.807) is 0 Å². The second-order valence-corrected chi connectivity index (χ2v) is 5.93. The number of amides is 1. The fraction of sp³-hybridized carbons (Fsp3) is 0.190. The fourth-order valence-electron chi connectivity index (χ4n) is 2.92. The number of rotatable bonds is 5. The molecule has 3 heteroatoms. The first-order chi connectivity index (χ1) is 11.7. The summed E-state index contributed by atoms with van der Waals surface area (Å²) in [4.78, 5) is 12.3. The summed E-state index contributed by atoms with van der Waals surface area (Å²) in [5.41, 5.74) is 4.27. The number of carbonyl (C=O) groups is 1. The molecule has 0 aromatic heterocycles. The number of benzene rings is 3.